The highest BCUT2D eigenvalue weighted by atomic mass is 32.2. The van der Waals surface area contributed by atoms with E-state index in [1.54, 1.807) is 22.9 Å². The second-order valence-corrected chi connectivity index (χ2v) is 10.6. The summed E-state index contributed by atoms with van der Waals surface area (Å²) in [6.07, 6.45) is -0.885. The van der Waals surface area contributed by atoms with Gasteiger partial charge in [-0.2, -0.15) is 0 Å². The Morgan fingerprint density at radius 2 is 1.72 bits per heavy atom. The largest absolute Gasteiger partial charge is 0.454 e. The minimum atomic E-state index is -3.78. The number of sulfonamides is 1. The Labute approximate surface area is 206 Å². The summed E-state index contributed by atoms with van der Waals surface area (Å²) in [4.78, 5) is 0.199. The molecule has 4 atom stereocenters. The smallest absolute Gasteiger partial charge is 0.241 e. The summed E-state index contributed by atoms with van der Waals surface area (Å²) in [7, 11) is -3.78. The third-order valence-electron chi connectivity index (χ3n) is 6.80. The number of nitrogens with zero attached hydrogens (tertiary/aromatic N) is 4. The van der Waals surface area contributed by atoms with Crippen molar-refractivity contribution >= 4 is 20.8 Å². The predicted octanol–water partition coefficient (Wildman–Crippen LogP) is 1.91. The Kier molecular flexibility index (Phi) is 4.96. The number of ether oxygens (including phenoxy) is 4. The molecule has 4 aromatic rings. The van der Waals surface area contributed by atoms with Crippen LogP contribution in [0, 0.1) is 0 Å². The van der Waals surface area contributed by atoms with Gasteiger partial charge in [-0.25, -0.2) is 17.8 Å². The van der Waals surface area contributed by atoms with E-state index in [0.29, 0.717) is 17.3 Å². The topological polar surface area (TPSA) is 127 Å². The molecule has 36 heavy (non-hydrogen) atoms. The zero-order valence-electron chi connectivity index (χ0n) is 18.9. The monoisotopic (exact) mass is 507 g/mol. The minimum Gasteiger partial charge on any atom is -0.454 e. The van der Waals surface area contributed by atoms with Gasteiger partial charge in [0.2, 0.25) is 16.8 Å². The number of nitrogens with one attached hydrogen (secondary N) is 1. The van der Waals surface area contributed by atoms with E-state index in [0.717, 1.165) is 16.3 Å². The van der Waals surface area contributed by atoms with Crippen molar-refractivity contribution in [2.24, 2.45) is 0 Å². The van der Waals surface area contributed by atoms with Gasteiger partial charge in [0.1, 0.15) is 18.2 Å². The zero-order chi connectivity index (χ0) is 24.3. The van der Waals surface area contributed by atoms with Gasteiger partial charge in [-0.1, -0.05) is 30.3 Å². The first-order chi connectivity index (χ1) is 17.6. The molecule has 0 radical (unpaired) electrons. The number of benzene rings is 3. The quantitative estimate of drug-likeness (QED) is 0.431. The molecule has 2 fully saturated rings. The molecule has 3 aliphatic rings. The number of hydrogen-bond donors (Lipinski definition) is 1. The van der Waals surface area contributed by atoms with Crippen molar-refractivity contribution in [1.29, 1.82) is 0 Å². The molecule has 0 saturated carbocycles. The number of fused-ring (bicyclic) bond motifs is 3. The van der Waals surface area contributed by atoms with E-state index in [9.17, 15) is 8.42 Å². The third-order valence-corrected chi connectivity index (χ3v) is 8.29. The maximum absolute atomic E-state index is 13.2. The lowest BCUT2D eigenvalue weighted by molar-refractivity contribution is 0.0626. The van der Waals surface area contributed by atoms with Crippen LogP contribution in [0.3, 0.4) is 0 Å². The van der Waals surface area contributed by atoms with Crippen LogP contribution >= 0.6 is 0 Å². The average molecular weight is 508 g/mol. The second-order valence-electron chi connectivity index (χ2n) is 8.92. The summed E-state index contributed by atoms with van der Waals surface area (Å²) in [6.45, 7) is 0.639. The molecule has 1 N–H and O–H groups in total. The summed E-state index contributed by atoms with van der Waals surface area (Å²) >= 11 is 0. The minimum absolute atomic E-state index is 0.175. The zero-order valence-corrected chi connectivity index (χ0v) is 19.7. The SMILES string of the molecule is O=S(=O)(N[C@H]1CO[C@H]2[C@@H]1OC[C@@H]2n1nnnc1-c1ccc2c(c1)OCO2)c1ccc2ccccc2c1. The summed E-state index contributed by atoms with van der Waals surface area (Å²) in [5.74, 6) is 1.83. The molecule has 0 spiro atoms. The first-order valence-corrected chi connectivity index (χ1v) is 13.0. The maximum atomic E-state index is 13.2. The molecule has 0 amide bonds. The summed E-state index contributed by atoms with van der Waals surface area (Å²) in [5, 5.41) is 14.1. The first-order valence-electron chi connectivity index (χ1n) is 11.5. The molecule has 0 aliphatic carbocycles. The van der Waals surface area contributed by atoms with E-state index in [1.807, 2.05) is 42.5 Å². The first kappa shape index (κ1) is 21.7. The average Bonchev–Trinajstić information content (AvgIpc) is 3.68. The highest BCUT2D eigenvalue weighted by Gasteiger charge is 2.50. The molecular weight excluding hydrogens is 486 g/mol. The van der Waals surface area contributed by atoms with Gasteiger partial charge in [0.25, 0.3) is 0 Å². The maximum Gasteiger partial charge on any atom is 0.241 e. The summed E-state index contributed by atoms with van der Waals surface area (Å²) in [6, 6.07) is 17.3. The van der Waals surface area contributed by atoms with Crippen molar-refractivity contribution in [3.8, 4) is 22.9 Å². The van der Waals surface area contributed by atoms with Gasteiger partial charge in [-0.05, 0) is 51.5 Å². The van der Waals surface area contributed by atoms with Crippen LogP contribution in [0.25, 0.3) is 22.2 Å². The van der Waals surface area contributed by atoms with Crippen LogP contribution in [0.4, 0.5) is 0 Å². The van der Waals surface area contributed by atoms with Gasteiger partial charge in [0.05, 0.1) is 24.2 Å². The molecule has 12 heteroatoms. The molecule has 184 valence electrons. The van der Waals surface area contributed by atoms with Crippen LogP contribution in [0.1, 0.15) is 6.04 Å². The van der Waals surface area contributed by atoms with Gasteiger partial charge in [-0.15, -0.1) is 5.10 Å². The van der Waals surface area contributed by atoms with Crippen LogP contribution in [0.15, 0.2) is 65.6 Å². The van der Waals surface area contributed by atoms with Crippen molar-refractivity contribution in [3.05, 3.63) is 60.7 Å². The number of tetrazole rings is 1. The van der Waals surface area contributed by atoms with E-state index in [-0.39, 0.29) is 30.9 Å². The Hall–Kier alpha value is -3.58. The number of hydrogen-bond acceptors (Lipinski definition) is 9. The van der Waals surface area contributed by atoms with E-state index < -0.39 is 28.3 Å². The van der Waals surface area contributed by atoms with Gasteiger partial charge < -0.3 is 18.9 Å². The van der Waals surface area contributed by atoms with Crippen LogP contribution in [-0.2, 0) is 19.5 Å². The Morgan fingerprint density at radius 3 is 2.64 bits per heavy atom. The highest BCUT2D eigenvalue weighted by Crippen LogP contribution is 2.39. The molecule has 3 aromatic carbocycles. The van der Waals surface area contributed by atoms with Crippen LogP contribution in [0.2, 0.25) is 0 Å². The Bertz CT molecular complexity index is 1570. The lowest BCUT2D eigenvalue weighted by Gasteiger charge is -2.18. The van der Waals surface area contributed by atoms with Crippen molar-refractivity contribution in [1.82, 2.24) is 24.9 Å². The molecule has 0 bridgehead atoms. The fourth-order valence-electron chi connectivity index (χ4n) is 5.03. The summed E-state index contributed by atoms with van der Waals surface area (Å²) < 4.78 is 53.7. The third kappa shape index (κ3) is 3.53. The van der Waals surface area contributed by atoms with E-state index in [1.165, 1.54) is 0 Å². The molecule has 1 aromatic heterocycles. The van der Waals surface area contributed by atoms with Gasteiger partial charge in [0, 0.05) is 5.56 Å². The molecule has 3 aliphatic heterocycles. The van der Waals surface area contributed by atoms with Crippen LogP contribution in [-0.4, -0.2) is 66.9 Å². The predicted molar refractivity (Wildman–Crippen MR) is 126 cm³/mol. The van der Waals surface area contributed by atoms with Gasteiger partial charge in [0.15, 0.2) is 17.3 Å². The number of rotatable bonds is 5. The van der Waals surface area contributed by atoms with Crippen molar-refractivity contribution in [3.63, 3.8) is 0 Å². The lowest BCUT2D eigenvalue weighted by atomic mass is 10.1. The lowest BCUT2D eigenvalue weighted by Crippen LogP contribution is -2.44. The van der Waals surface area contributed by atoms with Crippen LogP contribution < -0.4 is 14.2 Å². The molecule has 4 heterocycles. The summed E-state index contributed by atoms with van der Waals surface area (Å²) in [5.41, 5.74) is 0.763. The van der Waals surface area contributed by atoms with Crippen molar-refractivity contribution in [2.45, 2.75) is 29.2 Å². The standard InChI is InChI=1S/C24H21N5O6S/c30-36(31,17-7-5-14-3-1-2-4-15(14)9-17)26-18-11-32-23-19(12-33-22(18)23)29-24(25-27-28-29)16-6-8-20-21(10-16)35-13-34-20/h1-10,18-19,22-23,26H,11-13H2/t18-,19-,22+,23+/m0/s1. The van der Waals surface area contributed by atoms with E-state index >= 15 is 0 Å². The number of aromatic nitrogens is 4. The molecule has 11 nitrogen and oxygen atoms in total. The molecular formula is C24H21N5O6S. The Balaban J connectivity index is 1.12. The van der Waals surface area contributed by atoms with E-state index in [4.69, 9.17) is 18.9 Å². The molecule has 2 saturated heterocycles. The normalized spacial score (nSPS) is 24.9. The molecule has 7 rings (SSSR count). The van der Waals surface area contributed by atoms with Gasteiger partial charge in [-0.3, -0.25) is 0 Å². The van der Waals surface area contributed by atoms with Crippen molar-refractivity contribution in [2.75, 3.05) is 20.0 Å². The van der Waals surface area contributed by atoms with E-state index in [2.05, 4.69) is 20.2 Å². The Morgan fingerprint density at radius 1 is 0.889 bits per heavy atom. The highest BCUT2D eigenvalue weighted by molar-refractivity contribution is 7.89. The van der Waals surface area contributed by atoms with Crippen molar-refractivity contribution < 1.29 is 27.4 Å². The van der Waals surface area contributed by atoms with Gasteiger partial charge >= 0.3 is 0 Å². The fraction of sp³-hybridized carbons (Fsp3) is 0.292. The molecule has 0 unspecified atom stereocenters. The second kappa shape index (κ2) is 8.23. The fourth-order valence-corrected chi connectivity index (χ4v) is 6.30. The van der Waals surface area contributed by atoms with Crippen LogP contribution in [0.5, 0.6) is 11.5 Å².